The molecule has 0 fully saturated rings. The number of benzene rings is 2. The fraction of sp³-hybridized carbons (Fsp3) is 0.167. The van der Waals surface area contributed by atoms with Gasteiger partial charge in [-0.25, -0.2) is 12.8 Å². The summed E-state index contributed by atoms with van der Waals surface area (Å²) in [6, 6.07) is 10.7. The number of nitrogens with one attached hydrogen (secondary N) is 3. The molecule has 0 bridgehead atoms. The summed E-state index contributed by atoms with van der Waals surface area (Å²) in [4.78, 5) is 34.2. The first-order valence-electron chi connectivity index (χ1n) is 8.25. The summed E-state index contributed by atoms with van der Waals surface area (Å²) < 4.78 is 44.4. The Morgan fingerprint density at radius 2 is 1.66 bits per heavy atom. The molecular weight excluding hydrogens is 405 g/mol. The molecule has 154 valence electrons. The second-order valence-electron chi connectivity index (χ2n) is 5.72. The van der Waals surface area contributed by atoms with Crippen LogP contribution in [0.3, 0.4) is 0 Å². The minimum Gasteiger partial charge on any atom is -0.455 e. The Labute approximate surface area is 166 Å². The van der Waals surface area contributed by atoms with Gasteiger partial charge in [0.1, 0.15) is 12.4 Å². The van der Waals surface area contributed by atoms with Gasteiger partial charge in [0.15, 0.2) is 6.61 Å². The third-order valence-corrected chi connectivity index (χ3v) is 4.82. The van der Waals surface area contributed by atoms with E-state index in [4.69, 9.17) is 0 Å². The van der Waals surface area contributed by atoms with Crippen LogP contribution in [0, 0.1) is 5.82 Å². The van der Waals surface area contributed by atoms with Crippen molar-refractivity contribution in [3.05, 3.63) is 54.3 Å². The monoisotopic (exact) mass is 423 g/mol. The van der Waals surface area contributed by atoms with Crippen LogP contribution < -0.4 is 15.4 Å². The Balaban J connectivity index is 1.82. The molecule has 0 heterocycles. The molecule has 0 aliphatic carbocycles. The number of anilines is 2. The highest BCUT2D eigenvalue weighted by molar-refractivity contribution is 7.89. The van der Waals surface area contributed by atoms with Crippen LogP contribution in [0.5, 0.6) is 0 Å². The Morgan fingerprint density at radius 3 is 2.28 bits per heavy atom. The van der Waals surface area contributed by atoms with Crippen LogP contribution in [0.1, 0.15) is 6.92 Å². The molecule has 0 aliphatic heterocycles. The molecule has 2 amide bonds. The summed E-state index contributed by atoms with van der Waals surface area (Å²) in [5.74, 6) is -2.73. The molecule has 9 nitrogen and oxygen atoms in total. The van der Waals surface area contributed by atoms with E-state index < -0.39 is 40.9 Å². The minimum atomic E-state index is -4.01. The van der Waals surface area contributed by atoms with Gasteiger partial charge in [-0.1, -0.05) is 12.1 Å². The van der Waals surface area contributed by atoms with Gasteiger partial charge in [-0.2, -0.15) is 4.72 Å². The molecule has 2 rings (SSSR count). The predicted octanol–water partition coefficient (Wildman–Crippen LogP) is 1.24. The Hall–Kier alpha value is -3.31. The van der Waals surface area contributed by atoms with Crippen molar-refractivity contribution in [1.82, 2.24) is 4.72 Å². The molecule has 0 saturated heterocycles. The molecule has 0 unspecified atom stereocenters. The third kappa shape index (κ3) is 6.97. The fourth-order valence-corrected chi connectivity index (χ4v) is 3.07. The molecule has 0 atom stereocenters. The summed E-state index contributed by atoms with van der Waals surface area (Å²) in [5, 5.41) is 4.71. The zero-order chi connectivity index (χ0) is 21.4. The summed E-state index contributed by atoms with van der Waals surface area (Å²) in [5.41, 5.74) is 0.341. The summed E-state index contributed by atoms with van der Waals surface area (Å²) in [7, 11) is -4.01. The van der Waals surface area contributed by atoms with Gasteiger partial charge in [0.25, 0.3) is 5.91 Å². The van der Waals surface area contributed by atoms with Gasteiger partial charge in [0.05, 0.1) is 10.6 Å². The number of esters is 1. The van der Waals surface area contributed by atoms with Crippen LogP contribution >= 0.6 is 0 Å². The maximum absolute atomic E-state index is 13.4. The average molecular weight is 423 g/mol. The van der Waals surface area contributed by atoms with E-state index in [0.29, 0.717) is 5.69 Å². The molecule has 11 heteroatoms. The van der Waals surface area contributed by atoms with Gasteiger partial charge in [0, 0.05) is 12.6 Å². The number of sulfonamides is 1. The minimum absolute atomic E-state index is 0.0723. The van der Waals surface area contributed by atoms with Crippen molar-refractivity contribution in [3.8, 4) is 0 Å². The Morgan fingerprint density at radius 1 is 1.00 bits per heavy atom. The predicted molar refractivity (Wildman–Crippen MR) is 102 cm³/mol. The highest BCUT2D eigenvalue weighted by atomic mass is 32.2. The number of hydrogen-bond acceptors (Lipinski definition) is 6. The lowest BCUT2D eigenvalue weighted by atomic mass is 10.3. The van der Waals surface area contributed by atoms with Gasteiger partial charge < -0.3 is 15.4 Å². The normalized spacial score (nSPS) is 10.8. The van der Waals surface area contributed by atoms with Crippen LogP contribution in [0.4, 0.5) is 15.8 Å². The van der Waals surface area contributed by atoms with E-state index in [9.17, 15) is 27.2 Å². The van der Waals surface area contributed by atoms with Crippen LogP contribution in [0.15, 0.2) is 53.4 Å². The quantitative estimate of drug-likeness (QED) is 0.548. The Bertz CT molecular complexity index is 1010. The molecule has 0 aromatic heterocycles. The number of rotatable bonds is 8. The molecule has 0 radical (unpaired) electrons. The molecule has 0 spiro atoms. The zero-order valence-corrected chi connectivity index (χ0v) is 16.1. The van der Waals surface area contributed by atoms with Crippen molar-refractivity contribution in [2.45, 2.75) is 11.8 Å². The first kappa shape index (κ1) is 22.0. The van der Waals surface area contributed by atoms with E-state index in [1.54, 1.807) is 0 Å². The number of halogens is 1. The topological polar surface area (TPSA) is 131 Å². The standard InChI is InChI=1S/C18H18FN3O6S/c1-12(23)21-13-6-8-14(9-7-13)29(26,27)20-10-18(25)28-11-17(24)22-16-5-3-2-4-15(16)19/h2-9,20H,10-11H2,1H3,(H,21,23)(H,22,24). The summed E-state index contributed by atoms with van der Waals surface area (Å²) in [6.45, 7) is -0.0997. The lowest BCUT2D eigenvalue weighted by Gasteiger charge is -2.09. The number of amides is 2. The van der Waals surface area contributed by atoms with Crippen molar-refractivity contribution in [3.63, 3.8) is 0 Å². The first-order valence-corrected chi connectivity index (χ1v) is 9.73. The number of para-hydroxylation sites is 1. The number of ether oxygens (including phenoxy) is 1. The summed E-state index contributed by atoms with van der Waals surface area (Å²) >= 11 is 0. The second kappa shape index (κ2) is 9.75. The highest BCUT2D eigenvalue weighted by Crippen LogP contribution is 2.14. The lowest BCUT2D eigenvalue weighted by Crippen LogP contribution is -2.32. The number of carbonyl (C=O) groups is 3. The van der Waals surface area contributed by atoms with Crippen LogP contribution in [0.25, 0.3) is 0 Å². The van der Waals surface area contributed by atoms with Crippen LogP contribution in [0.2, 0.25) is 0 Å². The maximum atomic E-state index is 13.4. The van der Waals surface area contributed by atoms with E-state index in [0.717, 1.165) is 6.07 Å². The van der Waals surface area contributed by atoms with Crippen LogP contribution in [-0.4, -0.2) is 39.4 Å². The number of carbonyl (C=O) groups excluding carboxylic acids is 3. The first-order chi connectivity index (χ1) is 13.7. The van der Waals surface area contributed by atoms with E-state index >= 15 is 0 Å². The van der Waals surface area contributed by atoms with Crippen molar-refractivity contribution < 1.29 is 31.9 Å². The molecule has 0 saturated carbocycles. The fourth-order valence-electron chi connectivity index (χ4n) is 2.10. The van der Waals surface area contributed by atoms with Gasteiger partial charge in [0.2, 0.25) is 15.9 Å². The molecule has 3 N–H and O–H groups in total. The number of hydrogen-bond donors (Lipinski definition) is 3. The molecule has 2 aromatic rings. The highest BCUT2D eigenvalue weighted by Gasteiger charge is 2.17. The van der Waals surface area contributed by atoms with E-state index in [-0.39, 0.29) is 16.5 Å². The zero-order valence-electron chi connectivity index (χ0n) is 15.3. The maximum Gasteiger partial charge on any atom is 0.321 e. The van der Waals surface area contributed by atoms with Gasteiger partial charge in [-0.05, 0) is 36.4 Å². The lowest BCUT2D eigenvalue weighted by molar-refractivity contribution is -0.146. The van der Waals surface area contributed by atoms with E-state index in [1.807, 2.05) is 4.72 Å². The van der Waals surface area contributed by atoms with Crippen molar-refractivity contribution in [1.29, 1.82) is 0 Å². The molecule has 0 aliphatic rings. The molecule has 2 aromatic carbocycles. The van der Waals surface area contributed by atoms with Crippen molar-refractivity contribution in [2.24, 2.45) is 0 Å². The average Bonchev–Trinajstić information content (AvgIpc) is 2.66. The Kier molecular flexibility index (Phi) is 7.39. The molecule has 29 heavy (non-hydrogen) atoms. The van der Waals surface area contributed by atoms with Gasteiger partial charge >= 0.3 is 5.97 Å². The van der Waals surface area contributed by atoms with E-state index in [2.05, 4.69) is 15.4 Å². The summed E-state index contributed by atoms with van der Waals surface area (Å²) in [6.07, 6.45) is 0. The van der Waals surface area contributed by atoms with Gasteiger partial charge in [-0.3, -0.25) is 14.4 Å². The van der Waals surface area contributed by atoms with Crippen LogP contribution in [-0.2, 0) is 29.1 Å². The van der Waals surface area contributed by atoms with Crippen molar-refractivity contribution in [2.75, 3.05) is 23.8 Å². The second-order valence-corrected chi connectivity index (χ2v) is 7.49. The van der Waals surface area contributed by atoms with Gasteiger partial charge in [-0.15, -0.1) is 0 Å². The smallest absolute Gasteiger partial charge is 0.321 e. The molecular formula is C18H18FN3O6S. The van der Waals surface area contributed by atoms with E-state index in [1.165, 1.54) is 49.4 Å². The largest absolute Gasteiger partial charge is 0.455 e. The van der Waals surface area contributed by atoms with Crippen molar-refractivity contribution >= 4 is 39.2 Å². The third-order valence-electron chi connectivity index (χ3n) is 3.40. The SMILES string of the molecule is CC(=O)Nc1ccc(S(=O)(=O)NCC(=O)OCC(=O)Nc2ccccc2F)cc1.